The van der Waals surface area contributed by atoms with Gasteiger partial charge in [-0.3, -0.25) is 4.79 Å². The second-order valence-electron chi connectivity index (χ2n) is 5.54. The first kappa shape index (κ1) is 18.4. The smallest absolute Gasteiger partial charge is 0.226 e. The number of anilines is 1. The molecule has 3 aromatic rings. The summed E-state index contributed by atoms with van der Waals surface area (Å²) in [4.78, 5) is 12.1. The lowest BCUT2D eigenvalue weighted by atomic mass is 10.1. The topological polar surface area (TPSA) is 64.1 Å². The molecule has 0 atom stereocenters. The maximum atomic E-state index is 12.1. The standard InChI is InChI=1S/C19H19N3O2S2/c1-24-16-10-7-14(8-11-16)9-12-17(23)20-18-21-22-19(26-18)25-13-15-5-3-2-4-6-15/h2-8,10-11H,9,12-13H2,1H3,(H,20,21,23). The van der Waals surface area contributed by atoms with Crippen LogP contribution in [0.2, 0.25) is 0 Å². The van der Waals surface area contributed by atoms with Crippen molar-refractivity contribution in [2.24, 2.45) is 0 Å². The zero-order valence-corrected chi connectivity index (χ0v) is 16.0. The molecule has 3 rings (SSSR count). The first-order valence-electron chi connectivity index (χ1n) is 8.16. The second kappa shape index (κ2) is 9.35. The molecule has 1 heterocycles. The Kier molecular flexibility index (Phi) is 6.62. The van der Waals surface area contributed by atoms with Gasteiger partial charge in [0, 0.05) is 12.2 Å². The van der Waals surface area contributed by atoms with E-state index in [1.807, 2.05) is 42.5 Å². The molecule has 134 valence electrons. The fraction of sp³-hybridized carbons (Fsp3) is 0.211. The molecule has 0 bridgehead atoms. The Morgan fingerprint density at radius 2 is 1.85 bits per heavy atom. The molecular formula is C19H19N3O2S2. The zero-order chi connectivity index (χ0) is 18.2. The lowest BCUT2D eigenvalue weighted by molar-refractivity contribution is -0.116. The number of aromatic nitrogens is 2. The van der Waals surface area contributed by atoms with Gasteiger partial charge in [-0.1, -0.05) is 65.6 Å². The SMILES string of the molecule is COc1ccc(CCC(=O)Nc2nnc(SCc3ccccc3)s2)cc1. The minimum absolute atomic E-state index is 0.0587. The molecule has 0 aliphatic rings. The van der Waals surface area contributed by atoms with Crippen molar-refractivity contribution in [3.05, 3.63) is 65.7 Å². The Labute approximate surface area is 160 Å². The van der Waals surface area contributed by atoms with Crippen LogP contribution in [0, 0.1) is 0 Å². The molecule has 0 spiro atoms. The van der Waals surface area contributed by atoms with Gasteiger partial charge in [0.05, 0.1) is 7.11 Å². The molecule has 2 aromatic carbocycles. The van der Waals surface area contributed by atoms with Crippen molar-refractivity contribution in [3.63, 3.8) is 0 Å². The highest BCUT2D eigenvalue weighted by atomic mass is 32.2. The fourth-order valence-corrected chi connectivity index (χ4v) is 3.99. The van der Waals surface area contributed by atoms with Crippen LogP contribution in [0.4, 0.5) is 5.13 Å². The number of hydrogen-bond donors (Lipinski definition) is 1. The summed E-state index contributed by atoms with van der Waals surface area (Å²) in [7, 11) is 1.64. The number of aryl methyl sites for hydroxylation is 1. The molecule has 0 radical (unpaired) electrons. The lowest BCUT2D eigenvalue weighted by Crippen LogP contribution is -2.12. The zero-order valence-electron chi connectivity index (χ0n) is 14.3. The van der Waals surface area contributed by atoms with E-state index < -0.39 is 0 Å². The van der Waals surface area contributed by atoms with Gasteiger partial charge in [0.25, 0.3) is 0 Å². The maximum Gasteiger partial charge on any atom is 0.226 e. The number of ether oxygens (including phenoxy) is 1. The number of thioether (sulfide) groups is 1. The minimum Gasteiger partial charge on any atom is -0.497 e. The normalized spacial score (nSPS) is 10.5. The van der Waals surface area contributed by atoms with Crippen LogP contribution in [-0.4, -0.2) is 23.2 Å². The number of methoxy groups -OCH3 is 1. The highest BCUT2D eigenvalue weighted by molar-refractivity contribution is 8.00. The third-order valence-corrected chi connectivity index (χ3v) is 5.70. The van der Waals surface area contributed by atoms with Gasteiger partial charge in [0.1, 0.15) is 5.75 Å². The molecule has 0 aliphatic heterocycles. The van der Waals surface area contributed by atoms with Gasteiger partial charge >= 0.3 is 0 Å². The van der Waals surface area contributed by atoms with Crippen LogP contribution in [-0.2, 0) is 17.0 Å². The van der Waals surface area contributed by atoms with E-state index in [0.717, 1.165) is 21.4 Å². The molecule has 7 heteroatoms. The van der Waals surface area contributed by atoms with Crippen molar-refractivity contribution in [1.82, 2.24) is 10.2 Å². The van der Waals surface area contributed by atoms with Gasteiger partial charge < -0.3 is 10.1 Å². The average molecular weight is 386 g/mol. The summed E-state index contributed by atoms with van der Waals surface area (Å²) in [5.74, 6) is 1.59. The van der Waals surface area contributed by atoms with Crippen LogP contribution < -0.4 is 10.1 Å². The van der Waals surface area contributed by atoms with Crippen molar-refractivity contribution >= 4 is 34.1 Å². The third-order valence-electron chi connectivity index (χ3n) is 3.66. The van der Waals surface area contributed by atoms with E-state index in [9.17, 15) is 4.79 Å². The van der Waals surface area contributed by atoms with Crippen molar-refractivity contribution in [3.8, 4) is 5.75 Å². The maximum absolute atomic E-state index is 12.1. The Hall–Kier alpha value is -2.38. The Bertz CT molecular complexity index is 836. The van der Waals surface area contributed by atoms with Crippen LogP contribution >= 0.6 is 23.1 Å². The van der Waals surface area contributed by atoms with Crippen molar-refractivity contribution < 1.29 is 9.53 Å². The lowest BCUT2D eigenvalue weighted by Gasteiger charge is -2.03. The van der Waals surface area contributed by atoms with E-state index in [1.165, 1.54) is 16.9 Å². The number of hydrogen-bond acceptors (Lipinski definition) is 6. The highest BCUT2D eigenvalue weighted by Gasteiger charge is 2.09. The Morgan fingerprint density at radius 1 is 1.08 bits per heavy atom. The molecule has 0 fully saturated rings. The van der Waals surface area contributed by atoms with Crippen molar-refractivity contribution in [1.29, 1.82) is 0 Å². The predicted molar refractivity (Wildman–Crippen MR) is 106 cm³/mol. The molecule has 0 unspecified atom stereocenters. The fourth-order valence-electron chi connectivity index (χ4n) is 2.27. The van der Waals surface area contributed by atoms with Gasteiger partial charge in [-0.2, -0.15) is 0 Å². The Balaban J connectivity index is 1.44. The average Bonchev–Trinajstić information content (AvgIpc) is 3.13. The van der Waals surface area contributed by atoms with E-state index in [0.29, 0.717) is 18.0 Å². The van der Waals surface area contributed by atoms with E-state index in [1.54, 1.807) is 18.9 Å². The van der Waals surface area contributed by atoms with Crippen LogP contribution in [0.15, 0.2) is 58.9 Å². The molecule has 5 nitrogen and oxygen atoms in total. The number of nitrogens with zero attached hydrogens (tertiary/aromatic N) is 2. The third kappa shape index (κ3) is 5.57. The molecule has 1 aromatic heterocycles. The predicted octanol–water partition coefficient (Wildman–Crippen LogP) is 4.41. The van der Waals surface area contributed by atoms with Crippen molar-refractivity contribution in [2.45, 2.75) is 22.9 Å². The van der Waals surface area contributed by atoms with E-state index >= 15 is 0 Å². The summed E-state index contributed by atoms with van der Waals surface area (Å²) in [6.45, 7) is 0. The molecule has 1 N–H and O–H groups in total. The van der Waals surface area contributed by atoms with E-state index in [2.05, 4.69) is 27.6 Å². The van der Waals surface area contributed by atoms with E-state index in [4.69, 9.17) is 4.74 Å². The molecule has 0 saturated heterocycles. The number of benzene rings is 2. The van der Waals surface area contributed by atoms with Crippen LogP contribution in [0.5, 0.6) is 5.75 Å². The van der Waals surface area contributed by atoms with Crippen molar-refractivity contribution in [2.75, 3.05) is 12.4 Å². The van der Waals surface area contributed by atoms with Crippen LogP contribution in [0.25, 0.3) is 0 Å². The van der Waals surface area contributed by atoms with Gasteiger partial charge in [0.15, 0.2) is 4.34 Å². The molecule has 0 aliphatic carbocycles. The summed E-state index contributed by atoms with van der Waals surface area (Å²) in [5, 5.41) is 11.5. The minimum atomic E-state index is -0.0587. The summed E-state index contributed by atoms with van der Waals surface area (Å²) < 4.78 is 5.98. The first-order valence-corrected chi connectivity index (χ1v) is 9.96. The number of nitrogens with one attached hydrogen (secondary N) is 1. The monoisotopic (exact) mass is 385 g/mol. The van der Waals surface area contributed by atoms with Gasteiger partial charge in [-0.25, -0.2) is 0 Å². The summed E-state index contributed by atoms with van der Waals surface area (Å²) in [5.41, 5.74) is 2.33. The summed E-state index contributed by atoms with van der Waals surface area (Å²) >= 11 is 3.02. The van der Waals surface area contributed by atoms with Crippen LogP contribution in [0.1, 0.15) is 17.5 Å². The van der Waals surface area contributed by atoms with Gasteiger partial charge in [-0.15, -0.1) is 10.2 Å². The van der Waals surface area contributed by atoms with Gasteiger partial charge in [-0.05, 0) is 29.7 Å². The summed E-state index contributed by atoms with van der Waals surface area (Å²) in [6.07, 6.45) is 1.07. The molecule has 1 amide bonds. The molecule has 26 heavy (non-hydrogen) atoms. The summed E-state index contributed by atoms with van der Waals surface area (Å²) in [6, 6.07) is 17.9. The quantitative estimate of drug-likeness (QED) is 0.460. The number of amides is 1. The number of carbonyl (C=O) groups excluding carboxylic acids is 1. The highest BCUT2D eigenvalue weighted by Crippen LogP contribution is 2.28. The van der Waals surface area contributed by atoms with E-state index in [-0.39, 0.29) is 5.91 Å². The molecule has 0 saturated carbocycles. The number of rotatable bonds is 8. The number of carbonyl (C=O) groups is 1. The Morgan fingerprint density at radius 3 is 2.58 bits per heavy atom. The second-order valence-corrected chi connectivity index (χ2v) is 7.74. The van der Waals surface area contributed by atoms with Gasteiger partial charge in [0.2, 0.25) is 11.0 Å². The largest absolute Gasteiger partial charge is 0.497 e. The first-order chi connectivity index (χ1) is 12.7. The van der Waals surface area contributed by atoms with Crippen LogP contribution in [0.3, 0.4) is 0 Å². The molecular weight excluding hydrogens is 366 g/mol.